The molecule has 0 aliphatic carbocycles. The topological polar surface area (TPSA) is 58.6 Å². The highest BCUT2D eigenvalue weighted by Crippen LogP contribution is 2.38. The highest BCUT2D eigenvalue weighted by Gasteiger charge is 2.30. The van der Waals surface area contributed by atoms with Crippen LogP contribution in [0.2, 0.25) is 0 Å². The second kappa shape index (κ2) is 9.85. The van der Waals surface area contributed by atoms with Gasteiger partial charge in [0.1, 0.15) is 23.0 Å². The molecule has 0 aliphatic heterocycles. The molecule has 0 bridgehead atoms. The number of alkyl halides is 3. The molecule has 3 amide bonds. The number of thioether (sulfide) groups is 1. The molecule has 5 nitrogen and oxygen atoms in total. The molecule has 0 atom stereocenters. The van der Waals surface area contributed by atoms with Crippen molar-refractivity contribution in [1.29, 1.82) is 0 Å². The predicted octanol–water partition coefficient (Wildman–Crippen LogP) is 4.72. The van der Waals surface area contributed by atoms with Crippen molar-refractivity contribution >= 4 is 29.4 Å². The van der Waals surface area contributed by atoms with Gasteiger partial charge >= 0.3 is 11.5 Å². The number of halogens is 6. The van der Waals surface area contributed by atoms with Crippen molar-refractivity contribution in [2.45, 2.75) is 10.4 Å². The molecule has 0 fully saturated rings. The number of ether oxygens (including phenoxy) is 1. The van der Waals surface area contributed by atoms with Gasteiger partial charge in [-0.3, -0.25) is 15.0 Å². The molecular formula is C18H14F6N2O3S. The molecule has 12 heteroatoms. The van der Waals surface area contributed by atoms with Crippen molar-refractivity contribution in [3.05, 3.63) is 59.4 Å². The zero-order valence-electron chi connectivity index (χ0n) is 15.2. The third kappa shape index (κ3) is 6.13. The van der Waals surface area contributed by atoms with E-state index >= 15 is 0 Å². The average molecular weight is 452 g/mol. The van der Waals surface area contributed by atoms with Gasteiger partial charge in [0.25, 0.3) is 5.91 Å². The number of benzene rings is 2. The summed E-state index contributed by atoms with van der Waals surface area (Å²) >= 11 is -0.549. The van der Waals surface area contributed by atoms with Crippen LogP contribution < -0.4 is 10.2 Å². The van der Waals surface area contributed by atoms with Gasteiger partial charge in [-0.1, -0.05) is 6.07 Å². The normalized spacial score (nSPS) is 11.3. The van der Waals surface area contributed by atoms with E-state index in [-0.39, 0.29) is 13.2 Å². The first-order chi connectivity index (χ1) is 14.0. The van der Waals surface area contributed by atoms with Crippen molar-refractivity contribution in [2.75, 3.05) is 25.2 Å². The van der Waals surface area contributed by atoms with E-state index in [1.54, 1.807) is 5.32 Å². The van der Waals surface area contributed by atoms with Gasteiger partial charge in [-0.25, -0.2) is 18.0 Å². The average Bonchev–Trinajstić information content (AvgIpc) is 2.62. The fourth-order valence-corrected chi connectivity index (χ4v) is 2.93. The van der Waals surface area contributed by atoms with Crippen LogP contribution in [0.3, 0.4) is 0 Å². The van der Waals surface area contributed by atoms with Gasteiger partial charge in [-0.2, -0.15) is 13.2 Å². The summed E-state index contributed by atoms with van der Waals surface area (Å²) in [5.74, 6) is -5.03. The van der Waals surface area contributed by atoms with Crippen LogP contribution in [-0.4, -0.2) is 37.7 Å². The number of imide groups is 1. The van der Waals surface area contributed by atoms with E-state index in [4.69, 9.17) is 4.74 Å². The molecule has 0 spiro atoms. The molecule has 0 radical (unpaired) electrons. The Morgan fingerprint density at radius 3 is 2.23 bits per heavy atom. The summed E-state index contributed by atoms with van der Waals surface area (Å²) in [6, 6.07) is 3.79. The number of hydrogen-bond donors (Lipinski definition) is 1. The summed E-state index contributed by atoms with van der Waals surface area (Å²) in [6.07, 6.45) is 0. The number of hydrogen-bond acceptors (Lipinski definition) is 4. The van der Waals surface area contributed by atoms with Gasteiger partial charge < -0.3 is 4.74 Å². The second-order valence-corrected chi connectivity index (χ2v) is 6.80. The predicted molar refractivity (Wildman–Crippen MR) is 96.8 cm³/mol. The fourth-order valence-electron chi connectivity index (χ4n) is 2.36. The maximum Gasteiger partial charge on any atom is 0.446 e. The van der Waals surface area contributed by atoms with E-state index in [0.717, 1.165) is 30.3 Å². The maximum atomic E-state index is 14.4. The molecule has 0 aliphatic rings. The quantitative estimate of drug-likeness (QED) is 0.509. The summed E-state index contributed by atoms with van der Waals surface area (Å²) in [5.41, 5.74) is -6.12. The standard InChI is InChI=1S/C18H14F6N2O3S/c1-29-8-7-26(14-6-5-10(9-13(14)21)30-18(22,23)24)17(28)25-16(27)15-11(19)3-2-4-12(15)20/h2-6,9H,7-8H2,1H3,(H,25,27,28). The highest BCUT2D eigenvalue weighted by atomic mass is 32.2. The minimum absolute atomic E-state index is 0.131. The van der Waals surface area contributed by atoms with Crippen molar-refractivity contribution < 1.29 is 40.7 Å². The molecule has 0 heterocycles. The number of nitrogens with one attached hydrogen (secondary N) is 1. The molecular weight excluding hydrogens is 438 g/mol. The Bertz CT molecular complexity index is 918. The number of carbonyl (C=O) groups excluding carboxylic acids is 2. The number of rotatable bonds is 6. The first-order valence-corrected chi connectivity index (χ1v) is 8.96. The van der Waals surface area contributed by atoms with Gasteiger partial charge in [-0.05, 0) is 42.1 Å². The molecule has 0 saturated heterocycles. The van der Waals surface area contributed by atoms with Crippen LogP contribution in [0.1, 0.15) is 10.4 Å². The molecule has 0 unspecified atom stereocenters. The number of anilines is 1. The Labute approximate surface area is 171 Å². The Morgan fingerprint density at radius 1 is 1.07 bits per heavy atom. The lowest BCUT2D eigenvalue weighted by Crippen LogP contribution is -2.45. The van der Waals surface area contributed by atoms with Crippen LogP contribution in [-0.2, 0) is 4.74 Å². The highest BCUT2D eigenvalue weighted by molar-refractivity contribution is 8.00. The van der Waals surface area contributed by atoms with Crippen LogP contribution >= 0.6 is 11.8 Å². The van der Waals surface area contributed by atoms with Crippen LogP contribution in [0, 0.1) is 17.5 Å². The van der Waals surface area contributed by atoms with Crippen molar-refractivity contribution in [3.63, 3.8) is 0 Å². The molecule has 2 aromatic rings. The first kappa shape index (κ1) is 23.5. The maximum absolute atomic E-state index is 14.4. The molecule has 0 saturated carbocycles. The lowest BCUT2D eigenvalue weighted by Gasteiger charge is -2.23. The van der Waals surface area contributed by atoms with E-state index in [9.17, 15) is 35.9 Å². The molecule has 1 N–H and O–H groups in total. The smallest absolute Gasteiger partial charge is 0.383 e. The third-order valence-electron chi connectivity index (χ3n) is 3.62. The van der Waals surface area contributed by atoms with E-state index < -0.39 is 62.8 Å². The van der Waals surface area contributed by atoms with Crippen LogP contribution in [0.25, 0.3) is 0 Å². The molecule has 2 rings (SSSR count). The van der Waals surface area contributed by atoms with Gasteiger partial charge in [0.05, 0.1) is 18.8 Å². The van der Waals surface area contributed by atoms with Gasteiger partial charge in [0.15, 0.2) is 0 Å². The second-order valence-electron chi connectivity index (χ2n) is 5.66. The van der Waals surface area contributed by atoms with Crippen LogP contribution in [0.5, 0.6) is 0 Å². The Kier molecular flexibility index (Phi) is 7.73. The summed E-state index contributed by atoms with van der Waals surface area (Å²) in [5, 5.41) is 1.73. The number of nitrogens with zero attached hydrogens (tertiary/aromatic N) is 1. The summed E-state index contributed by atoms with van der Waals surface area (Å²) < 4.78 is 84.0. The lowest BCUT2D eigenvalue weighted by molar-refractivity contribution is -0.0328. The number of urea groups is 1. The minimum Gasteiger partial charge on any atom is -0.383 e. The zero-order chi connectivity index (χ0) is 22.5. The van der Waals surface area contributed by atoms with Gasteiger partial charge in [-0.15, -0.1) is 0 Å². The number of amides is 3. The molecule has 162 valence electrons. The number of methoxy groups -OCH3 is 1. The van der Waals surface area contributed by atoms with E-state index in [2.05, 4.69) is 0 Å². The Hall–Kier alpha value is -2.73. The molecule has 0 aromatic heterocycles. The van der Waals surface area contributed by atoms with E-state index in [0.29, 0.717) is 11.0 Å². The fraction of sp³-hybridized carbons (Fsp3) is 0.222. The van der Waals surface area contributed by atoms with Crippen molar-refractivity contribution in [3.8, 4) is 0 Å². The summed E-state index contributed by atoms with van der Waals surface area (Å²) in [4.78, 5) is 24.8. The van der Waals surface area contributed by atoms with Gasteiger partial charge in [0, 0.05) is 12.0 Å². The Balaban J connectivity index is 2.29. The monoisotopic (exact) mass is 452 g/mol. The minimum atomic E-state index is -4.64. The van der Waals surface area contributed by atoms with Crippen LogP contribution in [0.4, 0.5) is 36.8 Å². The largest absolute Gasteiger partial charge is 0.446 e. The third-order valence-corrected chi connectivity index (χ3v) is 4.34. The Morgan fingerprint density at radius 2 is 1.70 bits per heavy atom. The van der Waals surface area contributed by atoms with Crippen LogP contribution in [0.15, 0.2) is 41.3 Å². The summed E-state index contributed by atoms with van der Waals surface area (Å²) in [6.45, 7) is -0.438. The first-order valence-electron chi connectivity index (χ1n) is 8.14. The molecule has 30 heavy (non-hydrogen) atoms. The van der Waals surface area contributed by atoms with E-state index in [1.807, 2.05) is 0 Å². The van der Waals surface area contributed by atoms with Crippen molar-refractivity contribution in [2.24, 2.45) is 0 Å². The SMILES string of the molecule is COCCN(C(=O)NC(=O)c1c(F)cccc1F)c1ccc(SC(F)(F)F)cc1F. The molecule has 2 aromatic carbocycles. The van der Waals surface area contributed by atoms with Gasteiger partial charge in [0.2, 0.25) is 0 Å². The summed E-state index contributed by atoms with van der Waals surface area (Å²) in [7, 11) is 1.27. The zero-order valence-corrected chi connectivity index (χ0v) is 16.0. The lowest BCUT2D eigenvalue weighted by atomic mass is 10.2. The van der Waals surface area contributed by atoms with Crippen molar-refractivity contribution in [1.82, 2.24) is 5.32 Å². The number of carbonyl (C=O) groups is 2. The van der Waals surface area contributed by atoms with E-state index in [1.165, 1.54) is 7.11 Å².